The number of aliphatic carboxylic acids is 1. The van der Waals surface area contributed by atoms with Crippen LogP contribution < -0.4 is 0 Å². The maximum absolute atomic E-state index is 12.1. The Morgan fingerprint density at radius 2 is 1.65 bits per heavy atom. The number of carbonyl (C=O) groups excluding carboxylic acids is 2. The van der Waals surface area contributed by atoms with Gasteiger partial charge in [0.05, 0.1) is 12.5 Å². The van der Waals surface area contributed by atoms with Gasteiger partial charge in [0, 0.05) is 39.6 Å². The van der Waals surface area contributed by atoms with Crippen molar-refractivity contribution < 1.29 is 19.5 Å². The molecule has 0 radical (unpaired) electrons. The van der Waals surface area contributed by atoms with Crippen molar-refractivity contribution >= 4 is 17.8 Å². The van der Waals surface area contributed by atoms with E-state index in [1.165, 1.54) is 6.92 Å². The zero-order valence-corrected chi connectivity index (χ0v) is 12.3. The van der Waals surface area contributed by atoms with Crippen LogP contribution in [0, 0.1) is 5.92 Å². The molecule has 0 aliphatic carbocycles. The molecule has 1 rings (SSSR count). The fourth-order valence-corrected chi connectivity index (χ4v) is 2.21. The minimum absolute atomic E-state index is 0.0201. The second kappa shape index (κ2) is 7.23. The molecular weight excluding hydrogens is 262 g/mol. The van der Waals surface area contributed by atoms with Crippen molar-refractivity contribution in [3.8, 4) is 0 Å². The van der Waals surface area contributed by atoms with E-state index in [2.05, 4.69) is 0 Å². The fourth-order valence-electron chi connectivity index (χ4n) is 2.21. The Morgan fingerprint density at radius 1 is 1.15 bits per heavy atom. The molecule has 0 aromatic carbocycles. The van der Waals surface area contributed by atoms with Crippen molar-refractivity contribution in [1.29, 1.82) is 0 Å². The SMILES string of the molecule is CC(=O)N1CCN(C(=O)CN(C)CC(C)C(=O)O)CC1. The zero-order valence-electron chi connectivity index (χ0n) is 12.3. The molecule has 0 saturated carbocycles. The third-order valence-electron chi connectivity index (χ3n) is 3.49. The number of hydrogen-bond donors (Lipinski definition) is 1. The topological polar surface area (TPSA) is 81.2 Å². The lowest BCUT2D eigenvalue weighted by Crippen LogP contribution is -2.52. The van der Waals surface area contributed by atoms with Crippen molar-refractivity contribution in [3.63, 3.8) is 0 Å². The van der Waals surface area contributed by atoms with E-state index < -0.39 is 11.9 Å². The lowest BCUT2D eigenvalue weighted by Gasteiger charge is -2.35. The second-order valence-electron chi connectivity index (χ2n) is 5.32. The Morgan fingerprint density at radius 3 is 2.10 bits per heavy atom. The lowest BCUT2D eigenvalue weighted by molar-refractivity contribution is -0.143. The average Bonchev–Trinajstić information content (AvgIpc) is 2.38. The summed E-state index contributed by atoms with van der Waals surface area (Å²) in [4.78, 5) is 39.2. The summed E-state index contributed by atoms with van der Waals surface area (Å²) in [5, 5.41) is 8.84. The van der Waals surface area contributed by atoms with E-state index in [1.54, 1.807) is 28.7 Å². The average molecular weight is 285 g/mol. The molecule has 1 heterocycles. The Balaban J connectivity index is 2.36. The number of amides is 2. The van der Waals surface area contributed by atoms with Crippen LogP contribution in [0.15, 0.2) is 0 Å². The van der Waals surface area contributed by atoms with Gasteiger partial charge in [0.15, 0.2) is 0 Å². The van der Waals surface area contributed by atoms with Gasteiger partial charge in [0.1, 0.15) is 0 Å². The van der Waals surface area contributed by atoms with Gasteiger partial charge in [-0.15, -0.1) is 0 Å². The van der Waals surface area contributed by atoms with Crippen molar-refractivity contribution in [1.82, 2.24) is 14.7 Å². The maximum atomic E-state index is 12.1. The maximum Gasteiger partial charge on any atom is 0.307 e. The molecule has 0 aromatic rings. The summed E-state index contributed by atoms with van der Waals surface area (Å²) in [6, 6.07) is 0. The monoisotopic (exact) mass is 285 g/mol. The first-order valence-electron chi connectivity index (χ1n) is 6.76. The second-order valence-corrected chi connectivity index (χ2v) is 5.32. The third kappa shape index (κ3) is 4.80. The van der Waals surface area contributed by atoms with Crippen molar-refractivity contribution in [2.45, 2.75) is 13.8 Å². The number of rotatable bonds is 5. The van der Waals surface area contributed by atoms with Gasteiger partial charge in [-0.05, 0) is 7.05 Å². The number of nitrogens with zero attached hydrogens (tertiary/aromatic N) is 3. The molecule has 1 saturated heterocycles. The van der Waals surface area contributed by atoms with Crippen LogP contribution >= 0.6 is 0 Å². The summed E-state index contributed by atoms with van der Waals surface area (Å²) < 4.78 is 0. The molecule has 2 amide bonds. The van der Waals surface area contributed by atoms with Gasteiger partial charge in [-0.25, -0.2) is 0 Å². The van der Waals surface area contributed by atoms with E-state index in [9.17, 15) is 14.4 Å². The molecule has 1 aliphatic heterocycles. The highest BCUT2D eigenvalue weighted by Gasteiger charge is 2.23. The van der Waals surface area contributed by atoms with Crippen LogP contribution in [0.1, 0.15) is 13.8 Å². The summed E-state index contributed by atoms with van der Waals surface area (Å²) in [5.74, 6) is -1.35. The van der Waals surface area contributed by atoms with E-state index in [4.69, 9.17) is 5.11 Å². The van der Waals surface area contributed by atoms with Gasteiger partial charge in [-0.2, -0.15) is 0 Å². The predicted molar refractivity (Wildman–Crippen MR) is 73.1 cm³/mol. The van der Waals surface area contributed by atoms with Gasteiger partial charge < -0.3 is 14.9 Å². The van der Waals surface area contributed by atoms with Gasteiger partial charge in [-0.3, -0.25) is 19.3 Å². The van der Waals surface area contributed by atoms with Crippen LogP contribution in [0.2, 0.25) is 0 Å². The van der Waals surface area contributed by atoms with Crippen molar-refractivity contribution in [2.24, 2.45) is 5.92 Å². The molecule has 0 aromatic heterocycles. The van der Waals surface area contributed by atoms with E-state index in [0.717, 1.165) is 0 Å². The first-order valence-corrected chi connectivity index (χ1v) is 6.76. The summed E-state index contributed by atoms with van der Waals surface area (Å²) >= 11 is 0. The molecule has 1 aliphatic rings. The molecule has 1 unspecified atom stereocenters. The van der Waals surface area contributed by atoms with Crippen LogP contribution in [0.4, 0.5) is 0 Å². The summed E-state index contributed by atoms with van der Waals surface area (Å²) in [7, 11) is 1.74. The van der Waals surface area contributed by atoms with Crippen LogP contribution in [0.25, 0.3) is 0 Å². The molecule has 7 heteroatoms. The molecular formula is C13H23N3O4. The number of carbonyl (C=O) groups is 3. The highest BCUT2D eigenvalue weighted by atomic mass is 16.4. The summed E-state index contributed by atoms with van der Waals surface area (Å²) in [5.41, 5.74) is 0. The quantitative estimate of drug-likeness (QED) is 0.724. The van der Waals surface area contributed by atoms with Gasteiger partial charge >= 0.3 is 5.97 Å². The van der Waals surface area contributed by atoms with Crippen LogP contribution in [-0.2, 0) is 14.4 Å². The molecule has 1 atom stereocenters. The largest absolute Gasteiger partial charge is 0.481 e. The number of likely N-dealkylation sites (N-methyl/N-ethyl adjacent to an activating group) is 1. The number of carboxylic acid groups (broad SMARTS) is 1. The third-order valence-corrected chi connectivity index (χ3v) is 3.49. The molecule has 0 bridgehead atoms. The predicted octanol–water partition coefficient (Wildman–Crippen LogP) is -0.670. The smallest absolute Gasteiger partial charge is 0.307 e. The molecule has 0 spiro atoms. The summed E-state index contributed by atoms with van der Waals surface area (Å²) in [6.45, 7) is 5.91. The van der Waals surface area contributed by atoms with E-state index in [1.807, 2.05) is 0 Å². The fraction of sp³-hybridized carbons (Fsp3) is 0.769. The van der Waals surface area contributed by atoms with E-state index >= 15 is 0 Å². The lowest BCUT2D eigenvalue weighted by atomic mass is 10.2. The Kier molecular flexibility index (Phi) is 5.94. The first kappa shape index (κ1) is 16.4. The molecule has 1 fully saturated rings. The minimum Gasteiger partial charge on any atom is -0.481 e. The Labute approximate surface area is 119 Å². The molecule has 114 valence electrons. The summed E-state index contributed by atoms with van der Waals surface area (Å²) in [6.07, 6.45) is 0. The highest BCUT2D eigenvalue weighted by Crippen LogP contribution is 2.04. The highest BCUT2D eigenvalue weighted by molar-refractivity contribution is 5.79. The van der Waals surface area contributed by atoms with Gasteiger partial charge in [0.2, 0.25) is 11.8 Å². The normalized spacial score (nSPS) is 17.2. The number of hydrogen-bond acceptors (Lipinski definition) is 4. The molecule has 7 nitrogen and oxygen atoms in total. The standard InChI is InChI=1S/C13H23N3O4/c1-10(13(19)20)8-14(3)9-12(18)16-6-4-15(5-7-16)11(2)17/h10H,4-9H2,1-3H3,(H,19,20). The molecule has 20 heavy (non-hydrogen) atoms. The van der Waals surface area contributed by atoms with Gasteiger partial charge in [-0.1, -0.05) is 6.92 Å². The zero-order chi connectivity index (χ0) is 15.3. The molecule has 1 N–H and O–H groups in total. The van der Waals surface area contributed by atoms with Crippen LogP contribution in [-0.4, -0.2) is 83.9 Å². The Bertz CT molecular complexity index is 378. The van der Waals surface area contributed by atoms with Crippen molar-refractivity contribution in [2.75, 3.05) is 46.3 Å². The van der Waals surface area contributed by atoms with Crippen molar-refractivity contribution in [3.05, 3.63) is 0 Å². The van der Waals surface area contributed by atoms with Crippen LogP contribution in [0.5, 0.6) is 0 Å². The number of piperazine rings is 1. The van der Waals surface area contributed by atoms with E-state index in [0.29, 0.717) is 32.7 Å². The minimum atomic E-state index is -0.862. The Hall–Kier alpha value is -1.63. The van der Waals surface area contributed by atoms with Crippen LogP contribution in [0.3, 0.4) is 0 Å². The first-order chi connectivity index (χ1) is 9.31. The number of carboxylic acids is 1. The van der Waals surface area contributed by atoms with E-state index in [-0.39, 0.29) is 18.4 Å². The van der Waals surface area contributed by atoms with Gasteiger partial charge in [0.25, 0.3) is 0 Å².